The number of nitrogens with zero attached hydrogens (tertiary/aromatic N) is 2. The molecule has 0 saturated carbocycles. The fraction of sp³-hybridized carbons (Fsp3) is 0.208. The van der Waals surface area contributed by atoms with Crippen LogP contribution in [0.5, 0.6) is 11.5 Å². The highest BCUT2D eigenvalue weighted by Crippen LogP contribution is 2.33. The van der Waals surface area contributed by atoms with Crippen LogP contribution in [-0.2, 0) is 16.1 Å². The van der Waals surface area contributed by atoms with Crippen molar-refractivity contribution in [3.63, 3.8) is 0 Å². The maximum Gasteiger partial charge on any atom is 0.340 e. The molecule has 1 N–H and O–H groups in total. The average molecular weight is 474 g/mol. The largest absolute Gasteiger partial charge is 0.506 e. The van der Waals surface area contributed by atoms with E-state index >= 15 is 0 Å². The van der Waals surface area contributed by atoms with E-state index in [1.807, 2.05) is 0 Å². The predicted octanol–water partition coefficient (Wildman–Crippen LogP) is 4.90. The molecule has 1 aliphatic rings. The number of benzene rings is 2. The predicted molar refractivity (Wildman–Crippen MR) is 114 cm³/mol. The molecular formula is C24H18F4N2O4. The van der Waals surface area contributed by atoms with Gasteiger partial charge in [-0.1, -0.05) is 5.16 Å². The Labute approximate surface area is 191 Å². The number of oxime groups is 1. The maximum atomic E-state index is 15.0. The molecule has 2 aromatic carbocycles. The normalized spacial score (nSPS) is 13.1. The van der Waals surface area contributed by atoms with Crippen molar-refractivity contribution >= 4 is 11.7 Å². The SMILES string of the molecule is Cc1cc(OCC2=NOC(=O)C2)c(F)c(C)c1Cc1ccc(O)c(-c2ccc(F)c(F)c2F)n1. The monoisotopic (exact) mass is 474 g/mol. The minimum atomic E-state index is -1.67. The fourth-order valence-electron chi connectivity index (χ4n) is 3.60. The van der Waals surface area contributed by atoms with Crippen LogP contribution in [0, 0.1) is 37.1 Å². The number of pyridine rings is 1. The van der Waals surface area contributed by atoms with Crippen LogP contribution in [0.1, 0.15) is 28.8 Å². The fourth-order valence-corrected chi connectivity index (χ4v) is 3.60. The van der Waals surface area contributed by atoms with E-state index in [4.69, 9.17) is 4.74 Å². The molecule has 2 heterocycles. The summed E-state index contributed by atoms with van der Waals surface area (Å²) in [5, 5.41) is 13.7. The number of aryl methyl sites for hydroxylation is 1. The molecule has 0 bridgehead atoms. The standard InChI is InChI=1S/C24H18F4N2O4/c1-11-7-19(33-10-14-9-20(32)34-30-14)21(26)12(2)16(11)8-13-3-6-18(31)24(29-13)15-4-5-17(25)23(28)22(15)27/h3-7,31H,8-10H2,1-2H3. The number of carbonyl (C=O) groups excluding carboxylic acids is 1. The number of carbonyl (C=O) groups is 1. The lowest BCUT2D eigenvalue weighted by Crippen LogP contribution is -2.12. The number of aromatic nitrogens is 1. The van der Waals surface area contributed by atoms with E-state index in [1.165, 1.54) is 18.2 Å². The second kappa shape index (κ2) is 9.12. The van der Waals surface area contributed by atoms with Crippen molar-refractivity contribution in [1.82, 2.24) is 4.98 Å². The van der Waals surface area contributed by atoms with Crippen molar-refractivity contribution < 1.29 is 37.0 Å². The minimum Gasteiger partial charge on any atom is -0.506 e. The summed E-state index contributed by atoms with van der Waals surface area (Å²) in [5.41, 5.74) is 1.55. The minimum absolute atomic E-state index is 0.0227. The summed E-state index contributed by atoms with van der Waals surface area (Å²) >= 11 is 0. The Balaban J connectivity index is 1.62. The van der Waals surface area contributed by atoms with E-state index in [9.17, 15) is 27.5 Å². The number of halogens is 4. The second-order valence-electron chi connectivity index (χ2n) is 7.77. The Kier molecular flexibility index (Phi) is 6.23. The van der Waals surface area contributed by atoms with Gasteiger partial charge in [-0.3, -0.25) is 0 Å². The van der Waals surface area contributed by atoms with Gasteiger partial charge in [-0.15, -0.1) is 0 Å². The Morgan fingerprint density at radius 2 is 1.82 bits per heavy atom. The molecule has 0 saturated heterocycles. The second-order valence-corrected chi connectivity index (χ2v) is 7.77. The van der Waals surface area contributed by atoms with Gasteiger partial charge >= 0.3 is 5.97 Å². The summed E-state index contributed by atoms with van der Waals surface area (Å²) in [4.78, 5) is 19.8. The van der Waals surface area contributed by atoms with Crippen LogP contribution >= 0.6 is 0 Å². The summed E-state index contributed by atoms with van der Waals surface area (Å²) in [6, 6.07) is 5.93. The van der Waals surface area contributed by atoms with Crippen molar-refractivity contribution in [2.75, 3.05) is 6.61 Å². The number of hydrogen-bond acceptors (Lipinski definition) is 6. The van der Waals surface area contributed by atoms with Crippen molar-refractivity contribution in [2.45, 2.75) is 26.7 Å². The molecular weight excluding hydrogens is 456 g/mol. The summed E-state index contributed by atoms with van der Waals surface area (Å²) in [7, 11) is 0. The molecule has 0 unspecified atom stereocenters. The first-order valence-corrected chi connectivity index (χ1v) is 10.2. The molecule has 0 radical (unpaired) electrons. The number of aromatic hydroxyl groups is 1. The third kappa shape index (κ3) is 4.43. The van der Waals surface area contributed by atoms with Gasteiger partial charge in [0.05, 0.1) is 6.42 Å². The van der Waals surface area contributed by atoms with Crippen molar-refractivity contribution in [1.29, 1.82) is 0 Å². The Hall–Kier alpha value is -3.95. The molecule has 3 aromatic rings. The Morgan fingerprint density at radius 3 is 2.53 bits per heavy atom. The molecule has 34 heavy (non-hydrogen) atoms. The molecule has 6 nitrogen and oxygen atoms in total. The lowest BCUT2D eigenvalue weighted by atomic mass is 9.96. The molecule has 176 valence electrons. The third-order valence-corrected chi connectivity index (χ3v) is 5.42. The van der Waals surface area contributed by atoms with Gasteiger partial charge in [0.15, 0.2) is 29.0 Å². The lowest BCUT2D eigenvalue weighted by molar-refractivity contribution is -0.140. The highest BCUT2D eigenvalue weighted by Gasteiger charge is 2.22. The van der Waals surface area contributed by atoms with Crippen LogP contribution in [0.3, 0.4) is 0 Å². The van der Waals surface area contributed by atoms with Gasteiger partial charge in [-0.2, -0.15) is 0 Å². The molecule has 0 atom stereocenters. The average Bonchev–Trinajstić information content (AvgIpc) is 3.23. The van der Waals surface area contributed by atoms with Crippen LogP contribution in [-0.4, -0.2) is 28.4 Å². The van der Waals surface area contributed by atoms with Crippen molar-refractivity contribution in [3.8, 4) is 22.8 Å². The number of rotatable bonds is 6. The highest BCUT2D eigenvalue weighted by atomic mass is 19.2. The number of ether oxygens (including phenoxy) is 1. The van der Waals surface area contributed by atoms with Crippen molar-refractivity contribution in [3.05, 3.63) is 76.0 Å². The zero-order valence-electron chi connectivity index (χ0n) is 18.1. The van der Waals surface area contributed by atoms with Crippen molar-refractivity contribution in [2.24, 2.45) is 5.16 Å². The first kappa shape index (κ1) is 23.2. The van der Waals surface area contributed by atoms with Gasteiger partial charge in [0.25, 0.3) is 0 Å². The van der Waals surface area contributed by atoms with Crippen LogP contribution in [0.15, 0.2) is 35.5 Å². The van der Waals surface area contributed by atoms with Crippen LogP contribution in [0.4, 0.5) is 17.6 Å². The molecule has 0 fully saturated rings. The van der Waals surface area contributed by atoms with Gasteiger partial charge < -0.3 is 14.7 Å². The Bertz CT molecular complexity index is 1340. The summed E-state index contributed by atoms with van der Waals surface area (Å²) < 4.78 is 61.7. The molecule has 0 aliphatic carbocycles. The van der Waals surface area contributed by atoms with Gasteiger partial charge in [-0.05, 0) is 60.9 Å². The van der Waals surface area contributed by atoms with E-state index in [0.717, 1.165) is 12.1 Å². The zero-order chi connectivity index (χ0) is 24.6. The third-order valence-electron chi connectivity index (χ3n) is 5.42. The molecule has 4 rings (SSSR count). The maximum absolute atomic E-state index is 15.0. The zero-order valence-corrected chi connectivity index (χ0v) is 18.1. The van der Waals surface area contributed by atoms with Gasteiger partial charge in [0, 0.05) is 17.7 Å². The van der Waals surface area contributed by atoms with Crippen LogP contribution < -0.4 is 4.74 Å². The molecule has 0 spiro atoms. The Morgan fingerprint density at radius 1 is 1.06 bits per heavy atom. The summed E-state index contributed by atoms with van der Waals surface area (Å²) in [5.74, 6) is -6.08. The molecule has 1 aliphatic heterocycles. The van der Waals surface area contributed by atoms with E-state index in [-0.39, 0.29) is 36.5 Å². The molecule has 10 heteroatoms. The first-order valence-electron chi connectivity index (χ1n) is 10.2. The topological polar surface area (TPSA) is 81.0 Å². The van der Waals surface area contributed by atoms with Crippen LogP contribution in [0.2, 0.25) is 0 Å². The smallest absolute Gasteiger partial charge is 0.340 e. The summed E-state index contributed by atoms with van der Waals surface area (Å²) in [6.07, 6.45) is 0.0908. The van der Waals surface area contributed by atoms with Crippen LogP contribution in [0.25, 0.3) is 11.3 Å². The van der Waals surface area contributed by atoms with E-state index in [1.54, 1.807) is 13.8 Å². The first-order chi connectivity index (χ1) is 16.2. The number of hydrogen-bond donors (Lipinski definition) is 1. The quantitative estimate of drug-likeness (QED) is 0.312. The molecule has 0 amide bonds. The highest BCUT2D eigenvalue weighted by molar-refractivity contribution is 6.02. The van der Waals surface area contributed by atoms with Gasteiger partial charge in [0.1, 0.15) is 23.8 Å². The van der Waals surface area contributed by atoms with E-state index < -0.39 is 40.6 Å². The van der Waals surface area contributed by atoms with E-state index in [0.29, 0.717) is 22.5 Å². The molecule has 1 aromatic heterocycles. The lowest BCUT2D eigenvalue weighted by Gasteiger charge is -2.16. The van der Waals surface area contributed by atoms with Gasteiger partial charge in [0.2, 0.25) is 0 Å². The van der Waals surface area contributed by atoms with Gasteiger partial charge in [-0.25, -0.2) is 27.3 Å². The van der Waals surface area contributed by atoms with E-state index in [2.05, 4.69) is 15.0 Å². The summed E-state index contributed by atoms with van der Waals surface area (Å²) in [6.45, 7) is 3.19.